The lowest BCUT2D eigenvalue weighted by Gasteiger charge is -2.24. The van der Waals surface area contributed by atoms with Gasteiger partial charge >= 0.3 is 0 Å². The van der Waals surface area contributed by atoms with Crippen LogP contribution in [0, 0.1) is 5.41 Å². The molecule has 0 saturated carbocycles. The molecule has 13 heavy (non-hydrogen) atoms. The predicted octanol–water partition coefficient (Wildman–Crippen LogP) is 2.60. The first kappa shape index (κ1) is 11.5. The Morgan fingerprint density at radius 2 is 2.31 bits per heavy atom. The van der Waals surface area contributed by atoms with E-state index in [9.17, 15) is 0 Å². The van der Waals surface area contributed by atoms with Gasteiger partial charge in [0.15, 0.2) is 0 Å². The van der Waals surface area contributed by atoms with Crippen molar-refractivity contribution in [2.24, 2.45) is 5.41 Å². The van der Waals surface area contributed by atoms with Gasteiger partial charge in [-0.3, -0.25) is 0 Å². The molecule has 1 unspecified atom stereocenters. The summed E-state index contributed by atoms with van der Waals surface area (Å²) in [6.07, 6.45) is 3.41. The third kappa shape index (κ3) is 3.56. The Morgan fingerprint density at radius 3 is 2.85 bits per heavy atom. The van der Waals surface area contributed by atoms with Crippen LogP contribution in [0.15, 0.2) is 0 Å². The van der Waals surface area contributed by atoms with Gasteiger partial charge in [0, 0.05) is 30.6 Å². The highest BCUT2D eigenvalue weighted by Crippen LogP contribution is 2.34. The molecule has 1 heterocycles. The first-order valence-corrected chi connectivity index (χ1v) is 6.16. The third-order valence-corrected chi connectivity index (χ3v) is 3.78. The standard InChI is InChI=1S/C10H19BrO2/c1-2-5-12-6-3-10(8-11)4-7-13-9-10/h2-9H2,1H3. The second kappa shape index (κ2) is 5.99. The number of rotatable bonds is 6. The van der Waals surface area contributed by atoms with Crippen molar-refractivity contribution in [2.75, 3.05) is 31.8 Å². The second-order valence-corrected chi connectivity index (χ2v) is 4.36. The van der Waals surface area contributed by atoms with E-state index < -0.39 is 0 Å². The molecule has 1 atom stereocenters. The van der Waals surface area contributed by atoms with Crippen LogP contribution in [0.25, 0.3) is 0 Å². The molecule has 1 rings (SSSR count). The van der Waals surface area contributed by atoms with E-state index in [0.29, 0.717) is 5.41 Å². The molecule has 0 amide bonds. The quantitative estimate of drug-likeness (QED) is 0.533. The number of ether oxygens (including phenoxy) is 2. The fourth-order valence-electron chi connectivity index (χ4n) is 1.55. The first-order chi connectivity index (χ1) is 6.33. The zero-order valence-electron chi connectivity index (χ0n) is 8.35. The van der Waals surface area contributed by atoms with Crippen LogP contribution in [0.3, 0.4) is 0 Å². The minimum absolute atomic E-state index is 0.355. The molecule has 0 aromatic carbocycles. The zero-order chi connectivity index (χ0) is 9.57. The summed E-state index contributed by atoms with van der Waals surface area (Å²) in [7, 11) is 0. The monoisotopic (exact) mass is 250 g/mol. The maximum absolute atomic E-state index is 5.50. The molecule has 0 radical (unpaired) electrons. The Morgan fingerprint density at radius 1 is 1.46 bits per heavy atom. The molecule has 1 aliphatic rings. The number of hydrogen-bond donors (Lipinski definition) is 0. The van der Waals surface area contributed by atoms with Crippen LogP contribution in [-0.2, 0) is 9.47 Å². The van der Waals surface area contributed by atoms with Gasteiger partial charge in [0.2, 0.25) is 0 Å². The highest BCUT2D eigenvalue weighted by molar-refractivity contribution is 9.09. The first-order valence-electron chi connectivity index (χ1n) is 5.04. The molecular formula is C10H19BrO2. The summed E-state index contributed by atoms with van der Waals surface area (Å²) in [6, 6.07) is 0. The average Bonchev–Trinajstić information content (AvgIpc) is 2.62. The fraction of sp³-hybridized carbons (Fsp3) is 1.00. The molecule has 0 aromatic heterocycles. The average molecular weight is 251 g/mol. The van der Waals surface area contributed by atoms with Gasteiger partial charge in [0.25, 0.3) is 0 Å². The Labute approximate surface area is 89.1 Å². The molecule has 78 valence electrons. The molecule has 1 aliphatic heterocycles. The van der Waals surface area contributed by atoms with E-state index in [2.05, 4.69) is 22.9 Å². The van der Waals surface area contributed by atoms with E-state index in [4.69, 9.17) is 9.47 Å². The van der Waals surface area contributed by atoms with Crippen molar-refractivity contribution in [3.8, 4) is 0 Å². The SMILES string of the molecule is CCCOCCC1(CBr)CCOC1. The number of alkyl halides is 1. The zero-order valence-corrected chi connectivity index (χ0v) is 9.94. The molecule has 0 aliphatic carbocycles. The smallest absolute Gasteiger partial charge is 0.0532 e. The van der Waals surface area contributed by atoms with Crippen LogP contribution < -0.4 is 0 Å². The summed E-state index contributed by atoms with van der Waals surface area (Å²) >= 11 is 3.57. The van der Waals surface area contributed by atoms with Crippen molar-refractivity contribution in [1.29, 1.82) is 0 Å². The maximum atomic E-state index is 5.50. The van der Waals surface area contributed by atoms with E-state index >= 15 is 0 Å². The molecule has 0 N–H and O–H groups in total. The molecule has 0 bridgehead atoms. The van der Waals surface area contributed by atoms with Gasteiger partial charge < -0.3 is 9.47 Å². The summed E-state index contributed by atoms with van der Waals surface area (Å²) in [4.78, 5) is 0. The van der Waals surface area contributed by atoms with Gasteiger partial charge in [-0.1, -0.05) is 22.9 Å². The van der Waals surface area contributed by atoms with Gasteiger partial charge in [-0.15, -0.1) is 0 Å². The van der Waals surface area contributed by atoms with E-state index in [-0.39, 0.29) is 0 Å². The summed E-state index contributed by atoms with van der Waals surface area (Å²) in [5, 5.41) is 1.04. The van der Waals surface area contributed by atoms with E-state index in [1.54, 1.807) is 0 Å². The van der Waals surface area contributed by atoms with Crippen LogP contribution in [0.5, 0.6) is 0 Å². The van der Waals surface area contributed by atoms with Crippen molar-refractivity contribution in [3.05, 3.63) is 0 Å². The van der Waals surface area contributed by atoms with Crippen molar-refractivity contribution < 1.29 is 9.47 Å². The third-order valence-electron chi connectivity index (χ3n) is 2.59. The molecular weight excluding hydrogens is 232 g/mol. The Bertz CT molecular complexity index is 133. The van der Waals surface area contributed by atoms with Crippen LogP contribution in [-0.4, -0.2) is 31.8 Å². The van der Waals surface area contributed by atoms with E-state index in [1.807, 2.05) is 0 Å². The van der Waals surface area contributed by atoms with Gasteiger partial charge in [-0.2, -0.15) is 0 Å². The van der Waals surface area contributed by atoms with Gasteiger partial charge in [-0.05, 0) is 19.3 Å². The van der Waals surface area contributed by atoms with Gasteiger partial charge in [-0.25, -0.2) is 0 Å². The molecule has 0 aromatic rings. The number of halogens is 1. The second-order valence-electron chi connectivity index (χ2n) is 3.80. The molecule has 1 saturated heterocycles. The molecule has 2 nitrogen and oxygen atoms in total. The van der Waals surface area contributed by atoms with Crippen LogP contribution in [0.4, 0.5) is 0 Å². The highest BCUT2D eigenvalue weighted by Gasteiger charge is 2.33. The van der Waals surface area contributed by atoms with E-state index in [1.165, 1.54) is 6.42 Å². The lowest BCUT2D eigenvalue weighted by molar-refractivity contribution is 0.0906. The Kier molecular flexibility index (Phi) is 5.29. The normalized spacial score (nSPS) is 28.2. The largest absolute Gasteiger partial charge is 0.381 e. The minimum atomic E-state index is 0.355. The van der Waals surface area contributed by atoms with Crippen molar-refractivity contribution in [2.45, 2.75) is 26.2 Å². The summed E-state index contributed by atoms with van der Waals surface area (Å²) in [6.45, 7) is 5.72. The topological polar surface area (TPSA) is 18.5 Å². The van der Waals surface area contributed by atoms with Gasteiger partial charge in [0.05, 0.1) is 6.61 Å². The van der Waals surface area contributed by atoms with Crippen LogP contribution in [0.1, 0.15) is 26.2 Å². The molecule has 3 heteroatoms. The van der Waals surface area contributed by atoms with Crippen molar-refractivity contribution in [1.82, 2.24) is 0 Å². The van der Waals surface area contributed by atoms with Crippen LogP contribution >= 0.6 is 15.9 Å². The molecule has 1 fully saturated rings. The lowest BCUT2D eigenvalue weighted by Crippen LogP contribution is -2.24. The van der Waals surface area contributed by atoms with Crippen molar-refractivity contribution in [3.63, 3.8) is 0 Å². The van der Waals surface area contributed by atoms with Crippen molar-refractivity contribution >= 4 is 15.9 Å². The summed E-state index contributed by atoms with van der Waals surface area (Å²) < 4.78 is 10.9. The lowest BCUT2D eigenvalue weighted by atomic mass is 9.87. The molecule has 0 spiro atoms. The summed E-state index contributed by atoms with van der Waals surface area (Å²) in [5.74, 6) is 0. The Hall–Kier alpha value is 0.400. The number of hydrogen-bond acceptors (Lipinski definition) is 2. The fourth-order valence-corrected chi connectivity index (χ4v) is 2.28. The Balaban J connectivity index is 2.16. The highest BCUT2D eigenvalue weighted by atomic mass is 79.9. The summed E-state index contributed by atoms with van der Waals surface area (Å²) in [5.41, 5.74) is 0.355. The minimum Gasteiger partial charge on any atom is -0.381 e. The maximum Gasteiger partial charge on any atom is 0.0532 e. The van der Waals surface area contributed by atoms with Gasteiger partial charge in [0.1, 0.15) is 0 Å². The van der Waals surface area contributed by atoms with Crippen LogP contribution in [0.2, 0.25) is 0 Å². The predicted molar refractivity (Wildman–Crippen MR) is 57.4 cm³/mol. The van der Waals surface area contributed by atoms with E-state index in [0.717, 1.165) is 44.6 Å².